The number of methoxy groups -OCH3 is 1. The molecule has 23 heavy (non-hydrogen) atoms. The van der Waals surface area contributed by atoms with Crippen molar-refractivity contribution < 1.29 is 22.3 Å². The third kappa shape index (κ3) is 4.29. The van der Waals surface area contributed by atoms with E-state index < -0.39 is 21.6 Å². The predicted octanol–water partition coefficient (Wildman–Crippen LogP) is 2.42. The van der Waals surface area contributed by atoms with E-state index in [2.05, 4.69) is 5.32 Å². The maximum Gasteiger partial charge on any atom is 0.229 e. The summed E-state index contributed by atoms with van der Waals surface area (Å²) in [5.41, 5.74) is 0.472. The lowest BCUT2D eigenvalue weighted by Gasteiger charge is -2.10. The monoisotopic (exact) mass is 337 g/mol. The summed E-state index contributed by atoms with van der Waals surface area (Å²) >= 11 is 0. The van der Waals surface area contributed by atoms with Gasteiger partial charge in [0.25, 0.3) is 0 Å². The van der Waals surface area contributed by atoms with E-state index >= 15 is 0 Å². The second-order valence-corrected chi connectivity index (χ2v) is 6.97. The molecule has 5 nitrogen and oxygen atoms in total. The van der Waals surface area contributed by atoms with E-state index in [-0.39, 0.29) is 17.0 Å². The lowest BCUT2D eigenvalue weighted by molar-refractivity contribution is -0.115. The van der Waals surface area contributed by atoms with Crippen molar-refractivity contribution in [3.05, 3.63) is 53.8 Å². The average molecular weight is 337 g/mol. The molecule has 0 radical (unpaired) electrons. The molecule has 0 saturated heterocycles. The minimum absolute atomic E-state index is 0.0213. The fourth-order valence-electron chi connectivity index (χ4n) is 2.05. The summed E-state index contributed by atoms with van der Waals surface area (Å²) in [4.78, 5) is 12.0. The first-order valence-corrected chi connectivity index (χ1v) is 8.62. The van der Waals surface area contributed by atoms with Gasteiger partial charge in [0.15, 0.2) is 9.84 Å². The topological polar surface area (TPSA) is 72.5 Å². The van der Waals surface area contributed by atoms with Crippen molar-refractivity contribution in [2.24, 2.45) is 0 Å². The first kappa shape index (κ1) is 17.0. The van der Waals surface area contributed by atoms with Gasteiger partial charge in [0.2, 0.25) is 5.91 Å². The molecule has 0 bridgehead atoms. The molecule has 2 rings (SSSR count). The number of nitrogens with one attached hydrogen (secondary N) is 1. The van der Waals surface area contributed by atoms with E-state index in [0.717, 1.165) is 24.5 Å². The lowest BCUT2D eigenvalue weighted by Crippen LogP contribution is -2.16. The molecular formula is C16H16FNO4S. The maximum atomic E-state index is 13.8. The maximum absolute atomic E-state index is 13.8. The van der Waals surface area contributed by atoms with E-state index in [1.807, 2.05) is 0 Å². The largest absolute Gasteiger partial charge is 0.496 e. The summed E-state index contributed by atoms with van der Waals surface area (Å²) in [5.74, 6) is -0.627. The second kappa shape index (κ2) is 6.78. The number of carbonyl (C=O) groups excluding carboxylic acids is 1. The van der Waals surface area contributed by atoms with Gasteiger partial charge in [0, 0.05) is 11.8 Å². The number of halogens is 1. The molecule has 1 N–H and O–H groups in total. The Morgan fingerprint density at radius 2 is 1.91 bits per heavy atom. The van der Waals surface area contributed by atoms with E-state index in [1.165, 1.54) is 7.11 Å². The van der Waals surface area contributed by atoms with E-state index in [0.29, 0.717) is 11.3 Å². The Bertz CT molecular complexity index is 834. The molecule has 2 aromatic carbocycles. The number of hydrogen-bond acceptors (Lipinski definition) is 4. The predicted molar refractivity (Wildman–Crippen MR) is 84.8 cm³/mol. The molecule has 0 heterocycles. The number of anilines is 1. The standard InChI is InChI=1S/C16H16FNO4S/c1-22-15-6-4-3-5-11(15)9-16(19)18-14-10-12(23(2,20)21)7-8-13(14)17/h3-8,10H,9H2,1-2H3,(H,18,19). The van der Waals surface area contributed by atoms with Gasteiger partial charge in [-0.15, -0.1) is 0 Å². The quantitative estimate of drug-likeness (QED) is 0.851. The zero-order valence-electron chi connectivity index (χ0n) is 12.7. The van der Waals surface area contributed by atoms with Gasteiger partial charge in [-0.25, -0.2) is 12.8 Å². The minimum Gasteiger partial charge on any atom is -0.496 e. The highest BCUT2D eigenvalue weighted by molar-refractivity contribution is 7.90. The molecule has 0 saturated carbocycles. The van der Waals surface area contributed by atoms with Crippen LogP contribution in [0.1, 0.15) is 5.56 Å². The highest BCUT2D eigenvalue weighted by Crippen LogP contribution is 2.21. The third-order valence-electron chi connectivity index (χ3n) is 3.18. The average Bonchev–Trinajstić information content (AvgIpc) is 2.49. The highest BCUT2D eigenvalue weighted by atomic mass is 32.2. The number of para-hydroxylation sites is 1. The summed E-state index contributed by atoms with van der Waals surface area (Å²) in [5, 5.41) is 2.39. The number of ether oxygens (including phenoxy) is 1. The van der Waals surface area contributed by atoms with E-state index in [4.69, 9.17) is 4.74 Å². The number of hydrogen-bond donors (Lipinski definition) is 1. The molecule has 0 aromatic heterocycles. The second-order valence-electron chi connectivity index (χ2n) is 4.95. The molecule has 0 fully saturated rings. The molecular weight excluding hydrogens is 321 g/mol. The van der Waals surface area contributed by atoms with Crippen LogP contribution >= 0.6 is 0 Å². The molecule has 0 atom stereocenters. The zero-order chi connectivity index (χ0) is 17.0. The summed E-state index contributed by atoms with van der Waals surface area (Å²) in [6.07, 6.45) is 0.993. The molecule has 0 aliphatic rings. The molecule has 7 heteroatoms. The Morgan fingerprint density at radius 3 is 2.57 bits per heavy atom. The van der Waals surface area contributed by atoms with Crippen LogP contribution < -0.4 is 10.1 Å². The highest BCUT2D eigenvalue weighted by Gasteiger charge is 2.14. The van der Waals surface area contributed by atoms with Crippen molar-refractivity contribution in [2.45, 2.75) is 11.3 Å². The van der Waals surface area contributed by atoms with Gasteiger partial charge in [-0.05, 0) is 24.3 Å². The van der Waals surface area contributed by atoms with Gasteiger partial charge in [-0.2, -0.15) is 0 Å². The summed E-state index contributed by atoms with van der Waals surface area (Å²) < 4.78 is 41.9. The summed E-state index contributed by atoms with van der Waals surface area (Å²) in [7, 11) is -1.99. The number of rotatable bonds is 5. The fraction of sp³-hybridized carbons (Fsp3) is 0.188. The third-order valence-corrected chi connectivity index (χ3v) is 4.29. The molecule has 1 amide bonds. The minimum atomic E-state index is -3.49. The Hall–Kier alpha value is -2.41. The van der Waals surface area contributed by atoms with Crippen molar-refractivity contribution in [3.8, 4) is 5.75 Å². The molecule has 0 aliphatic carbocycles. The van der Waals surface area contributed by atoms with Gasteiger partial charge < -0.3 is 10.1 Å². The number of sulfone groups is 1. The first-order chi connectivity index (χ1) is 10.8. The van der Waals surface area contributed by atoms with Crippen LogP contribution in [0.25, 0.3) is 0 Å². The van der Waals surface area contributed by atoms with Gasteiger partial charge in [0.05, 0.1) is 24.1 Å². The Morgan fingerprint density at radius 1 is 1.22 bits per heavy atom. The Kier molecular flexibility index (Phi) is 5.00. The smallest absolute Gasteiger partial charge is 0.229 e. The van der Waals surface area contributed by atoms with Crippen molar-refractivity contribution in [1.29, 1.82) is 0 Å². The van der Waals surface area contributed by atoms with Gasteiger partial charge in [-0.3, -0.25) is 4.79 Å². The van der Waals surface area contributed by atoms with Crippen LogP contribution in [0, 0.1) is 5.82 Å². The number of carbonyl (C=O) groups is 1. The SMILES string of the molecule is COc1ccccc1CC(=O)Nc1cc(S(C)(=O)=O)ccc1F. The molecule has 0 aliphatic heterocycles. The van der Waals surface area contributed by atoms with E-state index in [1.54, 1.807) is 24.3 Å². The van der Waals surface area contributed by atoms with Gasteiger partial charge >= 0.3 is 0 Å². The van der Waals surface area contributed by atoms with Crippen LogP contribution in [0.15, 0.2) is 47.4 Å². The van der Waals surface area contributed by atoms with Gasteiger partial charge in [-0.1, -0.05) is 18.2 Å². The molecule has 0 unspecified atom stereocenters. The van der Waals surface area contributed by atoms with Crippen molar-refractivity contribution in [1.82, 2.24) is 0 Å². The van der Waals surface area contributed by atoms with Crippen LogP contribution in [0.4, 0.5) is 10.1 Å². The molecule has 0 spiro atoms. The van der Waals surface area contributed by atoms with E-state index in [9.17, 15) is 17.6 Å². The van der Waals surface area contributed by atoms with Gasteiger partial charge in [0.1, 0.15) is 11.6 Å². The van der Waals surface area contributed by atoms with Crippen molar-refractivity contribution in [2.75, 3.05) is 18.7 Å². The Balaban J connectivity index is 2.20. The fourth-order valence-corrected chi connectivity index (χ4v) is 2.69. The summed E-state index contributed by atoms with van der Waals surface area (Å²) in [6, 6.07) is 10.2. The Labute approximate surface area is 134 Å². The van der Waals surface area contributed by atoms with Crippen molar-refractivity contribution in [3.63, 3.8) is 0 Å². The van der Waals surface area contributed by atoms with Crippen LogP contribution in [0.2, 0.25) is 0 Å². The summed E-state index contributed by atoms with van der Waals surface area (Å²) in [6.45, 7) is 0. The zero-order valence-corrected chi connectivity index (χ0v) is 13.5. The van der Waals surface area contributed by atoms with Crippen LogP contribution in [-0.2, 0) is 21.1 Å². The van der Waals surface area contributed by atoms with Crippen molar-refractivity contribution >= 4 is 21.4 Å². The van der Waals surface area contributed by atoms with Crippen LogP contribution in [0.5, 0.6) is 5.75 Å². The number of benzene rings is 2. The molecule has 122 valence electrons. The number of amides is 1. The van der Waals surface area contributed by atoms with Crippen LogP contribution in [-0.4, -0.2) is 27.7 Å². The normalized spacial score (nSPS) is 11.1. The van der Waals surface area contributed by atoms with Crippen LogP contribution in [0.3, 0.4) is 0 Å². The molecule has 2 aromatic rings. The lowest BCUT2D eigenvalue weighted by atomic mass is 10.1. The first-order valence-electron chi connectivity index (χ1n) is 6.72.